The Bertz CT molecular complexity index is 422. The topological polar surface area (TPSA) is 49.3 Å². The van der Waals surface area contributed by atoms with E-state index < -0.39 is 0 Å². The summed E-state index contributed by atoms with van der Waals surface area (Å²) in [6, 6.07) is 7.01. The Morgan fingerprint density at radius 2 is 2.11 bits per heavy atom. The predicted molar refractivity (Wildman–Crippen MR) is 71.6 cm³/mol. The highest BCUT2D eigenvalue weighted by Crippen LogP contribution is 2.34. The number of nitrogens with one attached hydrogen (secondary N) is 1. The van der Waals surface area contributed by atoms with Crippen molar-refractivity contribution in [3.63, 3.8) is 0 Å². The van der Waals surface area contributed by atoms with E-state index in [1.54, 1.807) is 18.2 Å². The number of hydrogen-bond acceptors (Lipinski definition) is 3. The van der Waals surface area contributed by atoms with E-state index in [1.165, 1.54) is 0 Å². The molecule has 0 aromatic heterocycles. The summed E-state index contributed by atoms with van der Waals surface area (Å²) in [6.45, 7) is 3.96. The van der Waals surface area contributed by atoms with Crippen LogP contribution in [0.2, 0.25) is 0 Å². The van der Waals surface area contributed by atoms with E-state index in [2.05, 4.69) is 12.2 Å². The molecule has 1 aliphatic rings. The number of rotatable bonds is 4. The van der Waals surface area contributed by atoms with Crippen molar-refractivity contribution in [1.29, 1.82) is 0 Å². The maximum absolute atomic E-state index is 12.5. The first-order chi connectivity index (χ1) is 8.66. The maximum Gasteiger partial charge on any atom is 0.143 e. The first-order valence-electron chi connectivity index (χ1n) is 6.68. The van der Waals surface area contributed by atoms with Gasteiger partial charge in [-0.25, -0.2) is 0 Å². The van der Waals surface area contributed by atoms with Gasteiger partial charge in [-0.15, -0.1) is 0 Å². The van der Waals surface area contributed by atoms with Crippen molar-refractivity contribution in [2.24, 2.45) is 5.41 Å². The molecule has 0 unspecified atom stereocenters. The SMILES string of the molecule is CCC1(C(=O)Cc2cccc(O)c2)CCNCC1. The van der Waals surface area contributed by atoms with Crippen molar-refractivity contribution in [2.45, 2.75) is 32.6 Å². The monoisotopic (exact) mass is 247 g/mol. The van der Waals surface area contributed by atoms with E-state index in [1.807, 2.05) is 6.07 Å². The van der Waals surface area contributed by atoms with Crippen LogP contribution in [0.3, 0.4) is 0 Å². The lowest BCUT2D eigenvalue weighted by Crippen LogP contribution is -2.42. The molecular weight excluding hydrogens is 226 g/mol. The van der Waals surface area contributed by atoms with Gasteiger partial charge in [-0.2, -0.15) is 0 Å². The van der Waals surface area contributed by atoms with Crippen molar-refractivity contribution in [3.05, 3.63) is 29.8 Å². The smallest absolute Gasteiger partial charge is 0.143 e. The molecule has 0 radical (unpaired) electrons. The zero-order valence-electron chi connectivity index (χ0n) is 10.9. The number of benzene rings is 1. The van der Waals surface area contributed by atoms with Crippen LogP contribution in [0.1, 0.15) is 31.7 Å². The Labute approximate surface area is 108 Å². The van der Waals surface area contributed by atoms with Gasteiger partial charge in [-0.05, 0) is 50.0 Å². The normalized spacial score (nSPS) is 18.5. The quantitative estimate of drug-likeness (QED) is 0.858. The van der Waals surface area contributed by atoms with Gasteiger partial charge >= 0.3 is 0 Å². The Morgan fingerprint density at radius 3 is 2.72 bits per heavy atom. The summed E-state index contributed by atoms with van der Waals surface area (Å²) in [4.78, 5) is 12.5. The number of hydrogen-bond donors (Lipinski definition) is 2. The van der Waals surface area contributed by atoms with Crippen molar-refractivity contribution < 1.29 is 9.90 Å². The molecule has 2 rings (SSSR count). The molecule has 1 aliphatic heterocycles. The molecular formula is C15H21NO2. The highest BCUT2D eigenvalue weighted by atomic mass is 16.3. The lowest BCUT2D eigenvalue weighted by Gasteiger charge is -2.35. The molecule has 1 fully saturated rings. The van der Waals surface area contributed by atoms with Crippen molar-refractivity contribution in [3.8, 4) is 5.75 Å². The minimum atomic E-state index is -0.156. The van der Waals surface area contributed by atoms with Crippen LogP contribution in [-0.4, -0.2) is 24.0 Å². The van der Waals surface area contributed by atoms with Crippen LogP contribution in [0.25, 0.3) is 0 Å². The molecule has 98 valence electrons. The molecule has 0 saturated carbocycles. The van der Waals surface area contributed by atoms with Crippen LogP contribution in [0.4, 0.5) is 0 Å². The average molecular weight is 247 g/mol. The molecule has 0 aliphatic carbocycles. The van der Waals surface area contributed by atoms with Crippen molar-refractivity contribution in [2.75, 3.05) is 13.1 Å². The average Bonchev–Trinajstić information content (AvgIpc) is 2.39. The fraction of sp³-hybridized carbons (Fsp3) is 0.533. The van der Waals surface area contributed by atoms with Gasteiger partial charge in [0.2, 0.25) is 0 Å². The van der Waals surface area contributed by atoms with Crippen LogP contribution in [0.15, 0.2) is 24.3 Å². The maximum atomic E-state index is 12.5. The lowest BCUT2D eigenvalue weighted by atomic mass is 9.72. The Kier molecular flexibility index (Phi) is 4.02. The van der Waals surface area contributed by atoms with Crippen molar-refractivity contribution >= 4 is 5.78 Å². The predicted octanol–water partition coefficient (Wildman–Crippen LogP) is 2.28. The van der Waals surface area contributed by atoms with Gasteiger partial charge in [-0.3, -0.25) is 4.79 Å². The molecule has 1 aromatic rings. The number of aromatic hydroxyl groups is 1. The second-order valence-electron chi connectivity index (χ2n) is 5.15. The molecule has 1 heterocycles. The standard InChI is InChI=1S/C15H21NO2/c1-2-15(6-8-16-9-7-15)14(18)11-12-4-3-5-13(17)10-12/h3-5,10,16-17H,2,6-9,11H2,1H3. The van der Waals surface area contributed by atoms with Crippen LogP contribution in [0.5, 0.6) is 5.75 Å². The molecule has 0 spiro atoms. The Morgan fingerprint density at radius 1 is 1.39 bits per heavy atom. The highest BCUT2D eigenvalue weighted by molar-refractivity contribution is 5.87. The third-order valence-corrected chi connectivity index (χ3v) is 4.10. The largest absolute Gasteiger partial charge is 0.508 e. The zero-order valence-corrected chi connectivity index (χ0v) is 10.9. The van der Waals surface area contributed by atoms with E-state index in [-0.39, 0.29) is 11.2 Å². The molecule has 3 heteroatoms. The molecule has 0 bridgehead atoms. The molecule has 3 nitrogen and oxygen atoms in total. The third-order valence-electron chi connectivity index (χ3n) is 4.10. The lowest BCUT2D eigenvalue weighted by molar-refractivity contribution is -0.129. The van der Waals surface area contributed by atoms with Crippen LogP contribution >= 0.6 is 0 Å². The van der Waals surface area contributed by atoms with Gasteiger partial charge in [0.1, 0.15) is 11.5 Å². The summed E-state index contributed by atoms with van der Waals surface area (Å²) < 4.78 is 0. The van der Waals surface area contributed by atoms with Crippen molar-refractivity contribution in [1.82, 2.24) is 5.32 Å². The van der Waals surface area contributed by atoms with E-state index in [0.717, 1.165) is 37.9 Å². The Hall–Kier alpha value is -1.35. The number of carbonyl (C=O) groups is 1. The summed E-state index contributed by atoms with van der Waals surface area (Å²) in [7, 11) is 0. The van der Waals surface area contributed by atoms with Gasteiger partial charge in [0.25, 0.3) is 0 Å². The number of phenols is 1. The fourth-order valence-electron chi connectivity index (χ4n) is 2.77. The van der Waals surface area contributed by atoms with Gasteiger partial charge < -0.3 is 10.4 Å². The van der Waals surface area contributed by atoms with E-state index >= 15 is 0 Å². The van der Waals surface area contributed by atoms with Crippen LogP contribution < -0.4 is 5.32 Å². The highest BCUT2D eigenvalue weighted by Gasteiger charge is 2.36. The number of piperidine rings is 1. The van der Waals surface area contributed by atoms with E-state index in [9.17, 15) is 9.90 Å². The van der Waals surface area contributed by atoms with Gasteiger partial charge in [0, 0.05) is 11.8 Å². The number of Topliss-reactive ketones (excluding diaryl/α,β-unsaturated/α-hetero) is 1. The second kappa shape index (κ2) is 5.53. The minimum absolute atomic E-state index is 0.156. The molecule has 2 N–H and O–H groups in total. The molecule has 18 heavy (non-hydrogen) atoms. The zero-order chi connectivity index (χ0) is 13.0. The molecule has 1 aromatic carbocycles. The molecule has 1 saturated heterocycles. The van der Waals surface area contributed by atoms with E-state index in [0.29, 0.717) is 12.2 Å². The fourth-order valence-corrected chi connectivity index (χ4v) is 2.77. The third kappa shape index (κ3) is 2.72. The van der Waals surface area contributed by atoms with E-state index in [4.69, 9.17) is 0 Å². The van der Waals surface area contributed by atoms with Crippen LogP contribution in [0, 0.1) is 5.41 Å². The first-order valence-corrected chi connectivity index (χ1v) is 6.68. The summed E-state index contributed by atoms with van der Waals surface area (Å²) in [6.07, 6.45) is 3.21. The Balaban J connectivity index is 2.10. The van der Waals surface area contributed by atoms with Crippen LogP contribution in [-0.2, 0) is 11.2 Å². The summed E-state index contributed by atoms with van der Waals surface area (Å²) in [5.41, 5.74) is 0.753. The molecule has 0 amide bonds. The summed E-state index contributed by atoms with van der Waals surface area (Å²) >= 11 is 0. The molecule has 0 atom stereocenters. The first kappa shape index (κ1) is 13.1. The summed E-state index contributed by atoms with van der Waals surface area (Å²) in [5, 5.41) is 12.7. The minimum Gasteiger partial charge on any atom is -0.508 e. The number of carbonyl (C=O) groups excluding carboxylic acids is 1. The number of ketones is 1. The number of phenolic OH excluding ortho intramolecular Hbond substituents is 1. The van der Waals surface area contributed by atoms with Gasteiger partial charge in [0.15, 0.2) is 0 Å². The summed E-state index contributed by atoms with van der Waals surface area (Å²) in [5.74, 6) is 0.549. The van der Waals surface area contributed by atoms with Gasteiger partial charge in [-0.1, -0.05) is 19.1 Å². The van der Waals surface area contributed by atoms with Gasteiger partial charge in [0.05, 0.1) is 0 Å². The second-order valence-corrected chi connectivity index (χ2v) is 5.15.